The molecule has 0 aliphatic heterocycles. The number of thiophene rings is 1. The summed E-state index contributed by atoms with van der Waals surface area (Å²) in [4.78, 5) is 10.8. The smallest absolute Gasteiger partial charge is 0.162 e. The summed E-state index contributed by atoms with van der Waals surface area (Å²) in [6.45, 7) is 0. The standard InChI is InChI=1S/C11H10O3S/c1-13-9-3-8-7(5-12)6-15-11(8)4-10(9)14-2/h3-6H,1-2H3. The summed E-state index contributed by atoms with van der Waals surface area (Å²) in [5, 5.41) is 2.74. The average Bonchev–Trinajstić information content (AvgIpc) is 2.68. The monoisotopic (exact) mass is 222 g/mol. The molecular formula is C11H10O3S. The largest absolute Gasteiger partial charge is 0.493 e. The lowest BCUT2D eigenvalue weighted by molar-refractivity contribution is 0.112. The van der Waals surface area contributed by atoms with Gasteiger partial charge in [-0.1, -0.05) is 0 Å². The molecule has 15 heavy (non-hydrogen) atoms. The first-order valence-electron chi connectivity index (χ1n) is 4.38. The van der Waals surface area contributed by atoms with Crippen LogP contribution in [-0.2, 0) is 0 Å². The minimum atomic E-state index is 0.645. The van der Waals surface area contributed by atoms with Gasteiger partial charge in [0.1, 0.15) is 0 Å². The zero-order chi connectivity index (χ0) is 10.8. The number of hydrogen-bond acceptors (Lipinski definition) is 4. The van der Waals surface area contributed by atoms with Gasteiger partial charge in [0.15, 0.2) is 17.8 Å². The van der Waals surface area contributed by atoms with Gasteiger partial charge in [0, 0.05) is 27.1 Å². The quantitative estimate of drug-likeness (QED) is 0.749. The van der Waals surface area contributed by atoms with E-state index in [2.05, 4.69) is 0 Å². The molecular weight excluding hydrogens is 212 g/mol. The van der Waals surface area contributed by atoms with Crippen molar-refractivity contribution in [3.8, 4) is 11.5 Å². The van der Waals surface area contributed by atoms with E-state index in [9.17, 15) is 4.79 Å². The number of aldehydes is 1. The van der Waals surface area contributed by atoms with Gasteiger partial charge in [-0.25, -0.2) is 0 Å². The second-order valence-corrected chi connectivity index (χ2v) is 3.92. The van der Waals surface area contributed by atoms with E-state index >= 15 is 0 Å². The molecule has 3 nitrogen and oxygen atoms in total. The summed E-state index contributed by atoms with van der Waals surface area (Å²) >= 11 is 1.52. The number of hydrogen-bond donors (Lipinski definition) is 0. The summed E-state index contributed by atoms with van der Waals surface area (Å²) in [5.74, 6) is 1.33. The van der Waals surface area contributed by atoms with Crippen LogP contribution in [0.5, 0.6) is 11.5 Å². The zero-order valence-corrected chi connectivity index (χ0v) is 9.26. The second kappa shape index (κ2) is 3.90. The van der Waals surface area contributed by atoms with Crippen LogP contribution in [0.3, 0.4) is 0 Å². The fourth-order valence-electron chi connectivity index (χ4n) is 1.47. The zero-order valence-electron chi connectivity index (χ0n) is 8.44. The Bertz CT molecular complexity index is 502. The van der Waals surface area contributed by atoms with E-state index in [1.54, 1.807) is 14.2 Å². The highest BCUT2D eigenvalue weighted by Gasteiger charge is 2.09. The summed E-state index contributed by atoms with van der Waals surface area (Å²) in [6, 6.07) is 3.71. The molecule has 1 aromatic carbocycles. The minimum absolute atomic E-state index is 0.645. The molecule has 0 spiro atoms. The Balaban J connectivity index is 2.72. The molecule has 2 rings (SSSR count). The molecule has 0 saturated carbocycles. The van der Waals surface area contributed by atoms with Crippen molar-refractivity contribution in [1.82, 2.24) is 0 Å². The number of methoxy groups -OCH3 is 2. The number of ether oxygens (including phenoxy) is 2. The molecule has 4 heteroatoms. The average molecular weight is 222 g/mol. The fraction of sp³-hybridized carbons (Fsp3) is 0.182. The number of carbonyl (C=O) groups excluding carboxylic acids is 1. The molecule has 0 atom stereocenters. The Morgan fingerprint density at radius 2 is 1.87 bits per heavy atom. The van der Waals surface area contributed by atoms with Crippen molar-refractivity contribution < 1.29 is 14.3 Å². The van der Waals surface area contributed by atoms with Crippen LogP contribution in [0.15, 0.2) is 17.5 Å². The molecule has 1 aromatic heterocycles. The van der Waals surface area contributed by atoms with Crippen LogP contribution in [0, 0.1) is 0 Å². The van der Waals surface area contributed by atoms with Gasteiger partial charge in [0.05, 0.1) is 14.2 Å². The maximum Gasteiger partial charge on any atom is 0.162 e. The Kier molecular flexibility index (Phi) is 2.60. The maximum absolute atomic E-state index is 10.8. The third-order valence-corrected chi connectivity index (χ3v) is 3.20. The van der Waals surface area contributed by atoms with Crippen molar-refractivity contribution in [2.24, 2.45) is 0 Å². The third kappa shape index (κ3) is 1.57. The van der Waals surface area contributed by atoms with Gasteiger partial charge in [0.2, 0.25) is 0 Å². The van der Waals surface area contributed by atoms with Gasteiger partial charge in [-0.3, -0.25) is 4.79 Å². The summed E-state index contributed by atoms with van der Waals surface area (Å²) in [5.41, 5.74) is 0.691. The molecule has 0 amide bonds. The molecule has 1 heterocycles. The molecule has 0 bridgehead atoms. The third-order valence-electron chi connectivity index (χ3n) is 2.24. The van der Waals surface area contributed by atoms with Gasteiger partial charge in [-0.05, 0) is 6.07 Å². The number of benzene rings is 1. The first-order chi connectivity index (χ1) is 7.30. The van der Waals surface area contributed by atoms with Crippen LogP contribution in [0.2, 0.25) is 0 Å². The molecule has 0 N–H and O–H groups in total. The lowest BCUT2D eigenvalue weighted by Crippen LogP contribution is -1.90. The molecule has 0 radical (unpaired) electrons. The normalized spacial score (nSPS) is 10.3. The van der Waals surface area contributed by atoms with E-state index in [1.165, 1.54) is 11.3 Å². The van der Waals surface area contributed by atoms with E-state index in [1.807, 2.05) is 17.5 Å². The van der Waals surface area contributed by atoms with E-state index in [0.717, 1.165) is 16.4 Å². The van der Waals surface area contributed by atoms with Gasteiger partial charge in [-0.2, -0.15) is 0 Å². The number of rotatable bonds is 3. The van der Waals surface area contributed by atoms with E-state index in [0.29, 0.717) is 17.1 Å². The Hall–Kier alpha value is -1.55. The maximum atomic E-state index is 10.8. The van der Waals surface area contributed by atoms with Gasteiger partial charge >= 0.3 is 0 Å². The highest BCUT2D eigenvalue weighted by molar-refractivity contribution is 7.17. The Morgan fingerprint density at radius 3 is 2.47 bits per heavy atom. The molecule has 78 valence electrons. The number of fused-ring (bicyclic) bond motifs is 1. The first-order valence-corrected chi connectivity index (χ1v) is 5.26. The van der Waals surface area contributed by atoms with Gasteiger partial charge in [0.25, 0.3) is 0 Å². The van der Waals surface area contributed by atoms with Crippen LogP contribution in [-0.4, -0.2) is 20.5 Å². The van der Waals surface area contributed by atoms with Crippen molar-refractivity contribution in [1.29, 1.82) is 0 Å². The summed E-state index contributed by atoms with van der Waals surface area (Å²) in [7, 11) is 3.18. The van der Waals surface area contributed by atoms with Crippen molar-refractivity contribution in [3.05, 3.63) is 23.1 Å². The van der Waals surface area contributed by atoms with E-state index < -0.39 is 0 Å². The van der Waals surface area contributed by atoms with Crippen molar-refractivity contribution in [2.45, 2.75) is 0 Å². The predicted molar refractivity (Wildman–Crippen MR) is 60.3 cm³/mol. The molecule has 0 unspecified atom stereocenters. The van der Waals surface area contributed by atoms with Crippen LogP contribution in [0.25, 0.3) is 10.1 Å². The topological polar surface area (TPSA) is 35.5 Å². The van der Waals surface area contributed by atoms with Crippen LogP contribution < -0.4 is 9.47 Å². The molecule has 0 saturated heterocycles. The van der Waals surface area contributed by atoms with Crippen molar-refractivity contribution in [3.63, 3.8) is 0 Å². The van der Waals surface area contributed by atoms with Crippen LogP contribution in [0.4, 0.5) is 0 Å². The SMILES string of the molecule is COc1cc2scc(C=O)c2cc1OC. The van der Waals surface area contributed by atoms with Gasteiger partial charge in [-0.15, -0.1) is 11.3 Å². The highest BCUT2D eigenvalue weighted by atomic mass is 32.1. The second-order valence-electron chi connectivity index (χ2n) is 3.01. The van der Waals surface area contributed by atoms with Gasteiger partial charge < -0.3 is 9.47 Å². The predicted octanol–water partition coefficient (Wildman–Crippen LogP) is 2.73. The molecule has 0 fully saturated rings. The summed E-state index contributed by atoms with van der Waals surface area (Å²) < 4.78 is 11.4. The lowest BCUT2D eigenvalue weighted by Gasteiger charge is -2.07. The van der Waals surface area contributed by atoms with Crippen LogP contribution in [0.1, 0.15) is 10.4 Å². The minimum Gasteiger partial charge on any atom is -0.493 e. The fourth-order valence-corrected chi connectivity index (χ4v) is 2.38. The Labute approximate surface area is 91.2 Å². The lowest BCUT2D eigenvalue weighted by atomic mass is 10.2. The van der Waals surface area contributed by atoms with E-state index in [-0.39, 0.29) is 0 Å². The van der Waals surface area contributed by atoms with E-state index in [4.69, 9.17) is 9.47 Å². The Morgan fingerprint density at radius 1 is 1.20 bits per heavy atom. The number of carbonyl (C=O) groups is 1. The first kappa shape index (κ1) is 9.98. The summed E-state index contributed by atoms with van der Waals surface area (Å²) in [6.07, 6.45) is 0.852. The van der Waals surface area contributed by atoms with Crippen molar-refractivity contribution >= 4 is 27.7 Å². The molecule has 2 aromatic rings. The van der Waals surface area contributed by atoms with Crippen molar-refractivity contribution in [2.75, 3.05) is 14.2 Å². The molecule has 0 aliphatic carbocycles. The van der Waals surface area contributed by atoms with Crippen LogP contribution >= 0.6 is 11.3 Å². The molecule has 0 aliphatic rings. The highest BCUT2D eigenvalue weighted by Crippen LogP contribution is 2.36.